The molecule has 0 saturated carbocycles. The van der Waals surface area contributed by atoms with Crippen LogP contribution in [0, 0.1) is 6.92 Å². The van der Waals surface area contributed by atoms with E-state index < -0.39 is 9.84 Å². The molecule has 0 heterocycles. The number of benzene rings is 2. The monoisotopic (exact) mass is 360 g/mol. The third-order valence-corrected chi connectivity index (χ3v) is 6.16. The van der Waals surface area contributed by atoms with Gasteiger partial charge >= 0.3 is 0 Å². The lowest BCUT2D eigenvalue weighted by molar-refractivity contribution is 0.445. The van der Waals surface area contributed by atoms with Crippen molar-refractivity contribution < 1.29 is 13.5 Å². The van der Waals surface area contributed by atoms with E-state index in [1.165, 1.54) is 12.1 Å². The van der Waals surface area contributed by atoms with Crippen molar-refractivity contribution in [3.05, 3.63) is 53.1 Å². The number of aromatic hydroxyl groups is 1. The summed E-state index contributed by atoms with van der Waals surface area (Å²) in [5, 5.41) is 10.1. The van der Waals surface area contributed by atoms with Crippen molar-refractivity contribution in [1.82, 2.24) is 0 Å². The highest BCUT2D eigenvalue weighted by Gasteiger charge is 2.25. The lowest BCUT2D eigenvalue weighted by Gasteiger charge is -2.23. The van der Waals surface area contributed by atoms with Gasteiger partial charge in [-0.25, -0.2) is 8.42 Å². The summed E-state index contributed by atoms with van der Waals surface area (Å²) in [5.41, 5.74) is 2.23. The average Bonchev–Trinajstić information content (AvgIpc) is 2.45. The molecule has 0 amide bonds. The standard InChI is InChI=1S/C21H28O3S/c1-14-8-9-15(12-17(14)20(2,3)4)25(23,24)16-10-11-19(22)18(13-16)21(5,6)7/h8-13,22H,1-7H3. The van der Waals surface area contributed by atoms with Gasteiger partial charge in [0.1, 0.15) is 5.75 Å². The molecule has 0 aromatic heterocycles. The zero-order valence-electron chi connectivity index (χ0n) is 16.1. The van der Waals surface area contributed by atoms with E-state index in [4.69, 9.17) is 0 Å². The maximum atomic E-state index is 13.1. The Kier molecular flexibility index (Phi) is 4.81. The van der Waals surface area contributed by atoms with Gasteiger partial charge in [-0.1, -0.05) is 47.6 Å². The Morgan fingerprint density at radius 3 is 1.68 bits per heavy atom. The lowest BCUT2D eigenvalue weighted by Crippen LogP contribution is -2.15. The summed E-state index contributed by atoms with van der Waals surface area (Å²) in [6, 6.07) is 9.81. The van der Waals surface area contributed by atoms with E-state index in [9.17, 15) is 13.5 Å². The molecule has 0 aliphatic heterocycles. The Morgan fingerprint density at radius 2 is 1.20 bits per heavy atom. The smallest absolute Gasteiger partial charge is 0.206 e. The van der Waals surface area contributed by atoms with Crippen LogP contribution < -0.4 is 0 Å². The van der Waals surface area contributed by atoms with Crippen LogP contribution in [0.5, 0.6) is 5.75 Å². The first-order valence-corrected chi connectivity index (χ1v) is 9.92. The Hall–Kier alpha value is -1.81. The molecule has 0 saturated heterocycles. The van der Waals surface area contributed by atoms with Gasteiger partial charge in [0.2, 0.25) is 9.84 Å². The first kappa shape index (κ1) is 19.5. The van der Waals surface area contributed by atoms with E-state index in [2.05, 4.69) is 20.8 Å². The molecule has 0 aliphatic rings. The second-order valence-electron chi connectivity index (χ2n) is 8.66. The molecule has 0 spiro atoms. The quantitative estimate of drug-likeness (QED) is 0.808. The maximum Gasteiger partial charge on any atom is 0.206 e. The van der Waals surface area contributed by atoms with Gasteiger partial charge in [0.15, 0.2) is 0 Å². The van der Waals surface area contributed by atoms with Gasteiger partial charge in [0.25, 0.3) is 0 Å². The van der Waals surface area contributed by atoms with Gasteiger partial charge in [0, 0.05) is 5.56 Å². The fourth-order valence-electron chi connectivity index (χ4n) is 3.00. The fourth-order valence-corrected chi connectivity index (χ4v) is 4.31. The highest BCUT2D eigenvalue weighted by molar-refractivity contribution is 7.91. The molecule has 4 heteroatoms. The van der Waals surface area contributed by atoms with Gasteiger partial charge in [0.05, 0.1) is 9.79 Å². The molecule has 136 valence electrons. The predicted octanol–water partition coefficient (Wildman–Crippen LogP) is 5.13. The molecule has 0 atom stereocenters. The molecule has 25 heavy (non-hydrogen) atoms. The third-order valence-electron chi connectivity index (χ3n) is 4.41. The zero-order valence-corrected chi connectivity index (χ0v) is 17.0. The van der Waals surface area contributed by atoms with Crippen LogP contribution >= 0.6 is 0 Å². The first-order valence-electron chi connectivity index (χ1n) is 8.44. The molecule has 0 radical (unpaired) electrons. The van der Waals surface area contributed by atoms with Crippen molar-refractivity contribution in [2.24, 2.45) is 0 Å². The van der Waals surface area contributed by atoms with Gasteiger partial charge in [-0.2, -0.15) is 0 Å². The predicted molar refractivity (Wildman–Crippen MR) is 102 cm³/mol. The molecule has 0 bridgehead atoms. The number of hydrogen-bond donors (Lipinski definition) is 1. The minimum absolute atomic E-state index is 0.116. The lowest BCUT2D eigenvalue weighted by atomic mass is 9.84. The molecule has 3 nitrogen and oxygen atoms in total. The largest absolute Gasteiger partial charge is 0.508 e. The van der Waals surface area contributed by atoms with Gasteiger partial charge < -0.3 is 5.11 Å². The third kappa shape index (κ3) is 3.90. The molecular formula is C21H28O3S. The summed E-state index contributed by atoms with van der Waals surface area (Å²) in [6.45, 7) is 14.1. The second kappa shape index (κ2) is 6.17. The number of sulfone groups is 1. The second-order valence-corrected chi connectivity index (χ2v) is 10.6. The number of rotatable bonds is 2. The minimum atomic E-state index is -3.65. The Balaban J connectivity index is 2.65. The van der Waals surface area contributed by atoms with Gasteiger partial charge in [-0.05, 0) is 59.2 Å². The van der Waals surface area contributed by atoms with E-state index in [0.29, 0.717) is 5.56 Å². The fraction of sp³-hybridized carbons (Fsp3) is 0.429. The van der Waals surface area contributed by atoms with Crippen LogP contribution in [0.2, 0.25) is 0 Å². The summed E-state index contributed by atoms with van der Waals surface area (Å²) in [6.07, 6.45) is 0. The summed E-state index contributed by atoms with van der Waals surface area (Å²) in [4.78, 5) is 0.493. The van der Waals surface area contributed by atoms with Gasteiger partial charge in [-0.3, -0.25) is 0 Å². The minimum Gasteiger partial charge on any atom is -0.508 e. The van der Waals surface area contributed by atoms with Crippen LogP contribution in [0.3, 0.4) is 0 Å². The van der Waals surface area contributed by atoms with Crippen molar-refractivity contribution in [3.63, 3.8) is 0 Å². The molecule has 0 aliphatic carbocycles. The van der Waals surface area contributed by atoms with Crippen LogP contribution in [-0.2, 0) is 20.7 Å². The maximum absolute atomic E-state index is 13.1. The highest BCUT2D eigenvalue weighted by Crippen LogP contribution is 2.35. The highest BCUT2D eigenvalue weighted by atomic mass is 32.2. The average molecular weight is 361 g/mol. The van der Waals surface area contributed by atoms with Crippen LogP contribution in [0.15, 0.2) is 46.2 Å². The first-order chi connectivity index (χ1) is 11.2. The number of aryl methyl sites for hydroxylation is 1. The molecule has 2 aromatic rings. The van der Waals surface area contributed by atoms with Gasteiger partial charge in [-0.15, -0.1) is 0 Å². The van der Waals surface area contributed by atoms with E-state index in [-0.39, 0.29) is 26.4 Å². The van der Waals surface area contributed by atoms with Crippen molar-refractivity contribution in [2.75, 3.05) is 0 Å². The van der Waals surface area contributed by atoms with Crippen LogP contribution in [0.4, 0.5) is 0 Å². The molecular weight excluding hydrogens is 332 g/mol. The van der Waals surface area contributed by atoms with E-state index >= 15 is 0 Å². The van der Waals surface area contributed by atoms with Crippen molar-refractivity contribution in [1.29, 1.82) is 0 Å². The number of hydrogen-bond acceptors (Lipinski definition) is 3. The normalized spacial score (nSPS) is 13.1. The van der Waals surface area contributed by atoms with Crippen molar-refractivity contribution >= 4 is 9.84 Å². The zero-order chi connectivity index (χ0) is 19.2. The summed E-state index contributed by atoms with van der Waals surface area (Å²) in [5.74, 6) is 0.116. The Morgan fingerprint density at radius 1 is 0.760 bits per heavy atom. The molecule has 0 fully saturated rings. The number of phenolic OH excluding ortho intramolecular Hbond substituents is 1. The summed E-state index contributed by atoms with van der Waals surface area (Å²) in [7, 11) is -3.65. The molecule has 1 N–H and O–H groups in total. The van der Waals surface area contributed by atoms with E-state index in [0.717, 1.165) is 11.1 Å². The Bertz CT molecular complexity index is 826. The summed E-state index contributed by atoms with van der Waals surface area (Å²) < 4.78 is 26.3. The Labute approximate surface area is 151 Å². The number of phenols is 1. The van der Waals surface area contributed by atoms with E-state index in [1.54, 1.807) is 18.2 Å². The van der Waals surface area contributed by atoms with E-state index in [1.807, 2.05) is 33.8 Å². The molecule has 2 aromatic carbocycles. The SMILES string of the molecule is Cc1ccc(S(=O)(=O)c2ccc(O)c(C(C)(C)C)c2)cc1C(C)(C)C. The topological polar surface area (TPSA) is 54.4 Å². The van der Waals surface area contributed by atoms with Crippen LogP contribution in [-0.4, -0.2) is 13.5 Å². The molecule has 0 unspecified atom stereocenters. The summed E-state index contributed by atoms with van der Waals surface area (Å²) >= 11 is 0. The molecule has 2 rings (SSSR count). The van der Waals surface area contributed by atoms with Crippen LogP contribution in [0.25, 0.3) is 0 Å². The van der Waals surface area contributed by atoms with Crippen molar-refractivity contribution in [2.45, 2.75) is 69.1 Å². The van der Waals surface area contributed by atoms with Crippen LogP contribution in [0.1, 0.15) is 58.2 Å². The van der Waals surface area contributed by atoms with Crippen molar-refractivity contribution in [3.8, 4) is 5.75 Å².